The first-order valence-corrected chi connectivity index (χ1v) is 18.4. The molecule has 258 valence electrons. The number of aldehydes is 1. The quantitative estimate of drug-likeness (QED) is 0.185. The zero-order valence-electron chi connectivity index (χ0n) is 28.3. The van der Waals surface area contributed by atoms with Crippen molar-refractivity contribution in [3.8, 4) is 17.2 Å². The highest BCUT2D eigenvalue weighted by molar-refractivity contribution is 7.13. The fraction of sp³-hybridized carbons (Fsp3) is 0.474. The number of likely N-dealkylation sites (N-methyl/N-ethyl adjacent to an activating group) is 1. The molecule has 1 saturated carbocycles. The first-order valence-electron chi connectivity index (χ1n) is 17.3. The van der Waals surface area contributed by atoms with Crippen LogP contribution in [0, 0.1) is 29.6 Å². The molecule has 2 saturated heterocycles. The van der Waals surface area contributed by atoms with Crippen LogP contribution in [0.1, 0.15) is 70.4 Å². The predicted octanol–water partition coefficient (Wildman–Crippen LogP) is 6.78. The Balaban J connectivity index is 0.000000459. The van der Waals surface area contributed by atoms with E-state index < -0.39 is 0 Å². The molecule has 2 aromatic heterocycles. The Labute approximate surface area is 297 Å². The number of nitriles is 1. The summed E-state index contributed by atoms with van der Waals surface area (Å²) in [6.45, 7) is 8.22. The van der Waals surface area contributed by atoms with Crippen molar-refractivity contribution in [2.24, 2.45) is 11.3 Å². The number of carbonyl (C=O) groups is 2. The molecule has 3 fully saturated rings. The molecule has 0 radical (unpaired) electrons. The molecular weight excluding hydrogens is 656 g/mol. The number of rotatable bonds is 9. The van der Waals surface area contributed by atoms with Crippen molar-refractivity contribution in [3.63, 3.8) is 0 Å². The number of aryl methyl sites for hydroxylation is 1. The summed E-state index contributed by atoms with van der Waals surface area (Å²) in [7, 11) is 2.00. The maximum absolute atomic E-state index is 13.2. The summed E-state index contributed by atoms with van der Waals surface area (Å²) < 4.78 is 7.94. The highest BCUT2D eigenvalue weighted by Crippen LogP contribution is 2.52. The lowest BCUT2D eigenvalue weighted by molar-refractivity contribution is -0.135. The van der Waals surface area contributed by atoms with E-state index >= 15 is 0 Å². The number of likely N-dealkylation sites (tertiary alicyclic amines) is 1. The molecule has 2 aromatic carbocycles. The number of fused-ring (bicyclic) bond motifs is 1. The molecule has 4 aromatic rings. The zero-order chi connectivity index (χ0) is 34.4. The number of piperidine rings is 1. The number of benzene rings is 2. The lowest BCUT2D eigenvalue weighted by Crippen LogP contribution is -2.51. The molecule has 1 amide bonds. The first-order chi connectivity index (χ1) is 23.8. The third-order valence-electron chi connectivity index (χ3n) is 10.4. The molecule has 4 heterocycles. The van der Waals surface area contributed by atoms with Crippen LogP contribution in [0.5, 0.6) is 0 Å². The van der Waals surface area contributed by atoms with Crippen LogP contribution in [0.4, 0.5) is 0 Å². The second-order valence-corrected chi connectivity index (χ2v) is 15.3. The molecule has 2 aliphatic heterocycles. The van der Waals surface area contributed by atoms with Crippen molar-refractivity contribution in [1.82, 2.24) is 25.1 Å². The van der Waals surface area contributed by atoms with Crippen molar-refractivity contribution in [3.05, 3.63) is 74.8 Å². The van der Waals surface area contributed by atoms with Gasteiger partial charge in [-0.3, -0.25) is 9.59 Å². The van der Waals surface area contributed by atoms with E-state index in [2.05, 4.69) is 43.4 Å². The smallest absolute Gasteiger partial charge is 0.223 e. The fourth-order valence-electron chi connectivity index (χ4n) is 7.58. The Hall–Kier alpha value is -3.59. The molecule has 0 bridgehead atoms. The van der Waals surface area contributed by atoms with Crippen LogP contribution >= 0.6 is 22.9 Å². The van der Waals surface area contributed by atoms with Gasteiger partial charge in [0.15, 0.2) is 11.3 Å². The molecule has 9 nitrogen and oxygen atoms in total. The van der Waals surface area contributed by atoms with Crippen LogP contribution in [0.2, 0.25) is 5.02 Å². The fourth-order valence-corrected chi connectivity index (χ4v) is 8.49. The molecule has 1 aliphatic carbocycles. The van der Waals surface area contributed by atoms with Crippen molar-refractivity contribution in [1.29, 1.82) is 5.26 Å². The summed E-state index contributed by atoms with van der Waals surface area (Å²) >= 11 is 8.55. The third-order valence-corrected chi connectivity index (χ3v) is 11.7. The van der Waals surface area contributed by atoms with Crippen LogP contribution in [0.15, 0.2) is 48.8 Å². The van der Waals surface area contributed by atoms with Gasteiger partial charge in [0.05, 0.1) is 22.2 Å². The van der Waals surface area contributed by atoms with E-state index in [1.807, 2.05) is 44.3 Å². The van der Waals surface area contributed by atoms with Gasteiger partial charge < -0.3 is 24.8 Å². The summed E-state index contributed by atoms with van der Waals surface area (Å²) in [6, 6.07) is 14.4. The van der Waals surface area contributed by atoms with E-state index in [4.69, 9.17) is 16.3 Å². The molecule has 0 atom stereocenters. The lowest BCUT2D eigenvalue weighted by Gasteiger charge is -2.51. The van der Waals surface area contributed by atoms with E-state index in [9.17, 15) is 14.9 Å². The average molecular weight is 701 g/mol. The number of ether oxygens (including phenoxy) is 1. The van der Waals surface area contributed by atoms with Crippen molar-refractivity contribution >= 4 is 46.0 Å². The normalized spacial score (nSPS) is 18.0. The minimum absolute atomic E-state index is 0.103. The Morgan fingerprint density at radius 1 is 1.20 bits per heavy atom. The van der Waals surface area contributed by atoms with Gasteiger partial charge in [-0.25, -0.2) is 4.98 Å². The van der Waals surface area contributed by atoms with E-state index in [0.717, 1.165) is 104 Å². The summed E-state index contributed by atoms with van der Waals surface area (Å²) in [5.41, 5.74) is 5.00. The topological polar surface area (TPSA) is 112 Å². The average Bonchev–Trinajstić information content (AvgIpc) is 3.74. The summed E-state index contributed by atoms with van der Waals surface area (Å²) in [5.74, 6) is 0.254. The molecule has 7 rings (SSSR count). The zero-order valence-corrected chi connectivity index (χ0v) is 29.9. The first kappa shape index (κ1) is 35.2. The number of carbonyl (C=O) groups excluding carboxylic acids is 2. The van der Waals surface area contributed by atoms with E-state index in [1.54, 1.807) is 6.20 Å². The summed E-state index contributed by atoms with van der Waals surface area (Å²) in [5, 5.41) is 18.2. The third kappa shape index (κ3) is 8.08. The number of hydrogen-bond donors (Lipinski definition) is 2. The van der Waals surface area contributed by atoms with Crippen molar-refractivity contribution in [2.45, 2.75) is 58.0 Å². The molecule has 1 spiro atoms. The van der Waals surface area contributed by atoms with Crippen LogP contribution in [0.25, 0.3) is 22.0 Å². The van der Waals surface area contributed by atoms with Crippen LogP contribution in [0.3, 0.4) is 0 Å². The van der Waals surface area contributed by atoms with Gasteiger partial charge >= 0.3 is 0 Å². The van der Waals surface area contributed by atoms with Crippen molar-refractivity contribution in [2.75, 3.05) is 46.4 Å². The number of halogens is 1. The molecule has 49 heavy (non-hydrogen) atoms. The van der Waals surface area contributed by atoms with E-state index in [-0.39, 0.29) is 17.9 Å². The Kier molecular flexibility index (Phi) is 11.5. The van der Waals surface area contributed by atoms with Gasteiger partial charge in [0, 0.05) is 73.0 Å². The van der Waals surface area contributed by atoms with Gasteiger partial charge in [-0.2, -0.15) is 5.26 Å². The largest absolute Gasteiger partial charge is 0.381 e. The summed E-state index contributed by atoms with van der Waals surface area (Å²) in [6.07, 6.45) is 10.9. The Bertz CT molecular complexity index is 1810. The van der Waals surface area contributed by atoms with Crippen molar-refractivity contribution < 1.29 is 14.3 Å². The van der Waals surface area contributed by atoms with Crippen LogP contribution in [-0.4, -0.2) is 73.1 Å². The number of thiazole rings is 1. The second-order valence-electron chi connectivity index (χ2n) is 13.6. The molecule has 11 heteroatoms. The number of hydrogen-bond acceptors (Lipinski definition) is 8. The second kappa shape index (κ2) is 16.0. The summed E-state index contributed by atoms with van der Waals surface area (Å²) in [4.78, 5) is 30.5. The van der Waals surface area contributed by atoms with Gasteiger partial charge in [-0.15, -0.1) is 11.3 Å². The number of aromatic nitrogens is 2. The SMILES string of the molecule is CNCCN1CCC2(CC1)CC(C(=O)NCc1ccc3c(-c4cccc(C#N)c4)cn(C4CCOCC4)c3c1Cl)C2.Cc1cnc(C=O)s1. The highest BCUT2D eigenvalue weighted by Gasteiger charge is 2.48. The molecule has 0 unspecified atom stereocenters. The van der Waals surface area contributed by atoms with Crippen LogP contribution < -0.4 is 10.6 Å². The Morgan fingerprint density at radius 3 is 2.63 bits per heavy atom. The lowest BCUT2D eigenvalue weighted by atomic mass is 9.57. The number of amides is 1. The predicted molar refractivity (Wildman–Crippen MR) is 195 cm³/mol. The van der Waals surface area contributed by atoms with E-state index in [1.165, 1.54) is 24.2 Å². The van der Waals surface area contributed by atoms with Gasteiger partial charge in [-0.1, -0.05) is 35.9 Å². The Morgan fingerprint density at radius 2 is 1.98 bits per heavy atom. The number of nitrogens with zero attached hydrogens (tertiary/aromatic N) is 4. The van der Waals surface area contributed by atoms with E-state index in [0.29, 0.717) is 27.6 Å². The van der Waals surface area contributed by atoms with Crippen LogP contribution in [-0.2, 0) is 16.1 Å². The minimum Gasteiger partial charge on any atom is -0.381 e. The van der Waals surface area contributed by atoms with Gasteiger partial charge in [0.25, 0.3) is 0 Å². The molecular formula is C38H45ClN6O3S. The maximum atomic E-state index is 13.2. The van der Waals surface area contributed by atoms with Gasteiger partial charge in [0.1, 0.15) is 0 Å². The monoisotopic (exact) mass is 700 g/mol. The molecule has 3 aliphatic rings. The maximum Gasteiger partial charge on any atom is 0.223 e. The highest BCUT2D eigenvalue weighted by atomic mass is 35.5. The number of nitrogens with one attached hydrogen (secondary N) is 2. The standard InChI is InChI=1S/C33H40ClN5O2.C5H5NOS/c1-36-11-14-38-12-9-33(10-13-38)18-26(19-33)32(40)37-21-25-5-6-28-29(24-4-2-3-23(17-24)20-35)22-39(31(28)30(25)34)27-7-15-41-16-8-27;1-4-2-6-5(3-7)8-4/h2-6,17,22,26-27,36H,7-16,18-19,21H2,1H3,(H,37,40);2-3H,1H3. The van der Waals surface area contributed by atoms with Gasteiger partial charge in [-0.05, 0) is 94.3 Å². The minimum atomic E-state index is 0.103. The van der Waals surface area contributed by atoms with Gasteiger partial charge in [0.2, 0.25) is 5.91 Å². The molecule has 2 N–H and O–H groups in total.